The Morgan fingerprint density at radius 3 is 1.85 bits per heavy atom. The van der Waals surface area contributed by atoms with Gasteiger partial charge in [0.15, 0.2) is 0 Å². The van der Waals surface area contributed by atoms with Crippen LogP contribution in [-0.4, -0.2) is 73.9 Å². The van der Waals surface area contributed by atoms with Crippen molar-refractivity contribution in [2.45, 2.75) is 136 Å². The second kappa shape index (κ2) is 24.4. The molecular weight excluding hydrogens is 494 g/mol. The Kier molecular flexibility index (Phi) is 21.3. The lowest BCUT2D eigenvalue weighted by atomic mass is 9.89. The van der Waals surface area contributed by atoms with Gasteiger partial charge in [-0.1, -0.05) is 104 Å². The van der Waals surface area contributed by atoms with Crippen molar-refractivity contribution < 1.29 is 4.74 Å². The standard InChI is InChI=1S/C34H65N5O/c1-4-7-10-13-15-19-32(20-16-14-11-8-5-2)33-30-36-34(37-31-33)39-26-24-38(25-27-39)23-18-28-40-29-22-35-21-17-12-9-6-3/h30-32,35H,4-29H2,1-3H3. The third-order valence-corrected chi connectivity index (χ3v) is 8.49. The molecule has 40 heavy (non-hydrogen) atoms. The second-order valence-electron chi connectivity index (χ2n) is 12.0. The second-order valence-corrected chi connectivity index (χ2v) is 12.0. The number of hydrogen-bond acceptors (Lipinski definition) is 6. The number of rotatable bonds is 26. The minimum Gasteiger partial charge on any atom is -0.380 e. The molecule has 1 aromatic heterocycles. The van der Waals surface area contributed by atoms with Gasteiger partial charge in [-0.3, -0.25) is 4.90 Å². The van der Waals surface area contributed by atoms with E-state index in [4.69, 9.17) is 14.7 Å². The van der Waals surface area contributed by atoms with Gasteiger partial charge in [-0.2, -0.15) is 0 Å². The number of piperazine rings is 1. The van der Waals surface area contributed by atoms with Gasteiger partial charge in [-0.25, -0.2) is 9.97 Å². The highest BCUT2D eigenvalue weighted by Gasteiger charge is 2.19. The maximum absolute atomic E-state index is 5.84. The van der Waals surface area contributed by atoms with Gasteiger partial charge in [0, 0.05) is 58.3 Å². The predicted molar refractivity (Wildman–Crippen MR) is 173 cm³/mol. The topological polar surface area (TPSA) is 53.5 Å². The number of unbranched alkanes of at least 4 members (excludes halogenated alkanes) is 11. The molecule has 0 aromatic carbocycles. The molecule has 6 nitrogen and oxygen atoms in total. The van der Waals surface area contributed by atoms with E-state index >= 15 is 0 Å². The van der Waals surface area contributed by atoms with Gasteiger partial charge in [-0.15, -0.1) is 0 Å². The first kappa shape index (κ1) is 35.0. The third kappa shape index (κ3) is 16.3. The zero-order valence-corrected chi connectivity index (χ0v) is 26.8. The third-order valence-electron chi connectivity index (χ3n) is 8.49. The van der Waals surface area contributed by atoms with Crippen molar-refractivity contribution >= 4 is 5.95 Å². The van der Waals surface area contributed by atoms with Crippen LogP contribution in [0.2, 0.25) is 0 Å². The molecule has 0 spiro atoms. The minimum absolute atomic E-state index is 0.623. The highest BCUT2D eigenvalue weighted by atomic mass is 16.5. The van der Waals surface area contributed by atoms with Gasteiger partial charge < -0.3 is 15.0 Å². The molecule has 0 bridgehead atoms. The van der Waals surface area contributed by atoms with Crippen LogP contribution in [-0.2, 0) is 4.74 Å². The summed E-state index contributed by atoms with van der Waals surface area (Å²) in [5.74, 6) is 1.54. The SMILES string of the molecule is CCCCCCCC(CCCCCCC)c1cnc(N2CCN(CCCOCCNCCCCCC)CC2)nc1. The summed E-state index contributed by atoms with van der Waals surface area (Å²) < 4.78 is 5.84. The molecule has 1 N–H and O–H groups in total. The van der Waals surface area contributed by atoms with Crippen LogP contribution < -0.4 is 10.2 Å². The Hall–Kier alpha value is -1.24. The number of ether oxygens (including phenoxy) is 1. The molecule has 1 fully saturated rings. The van der Waals surface area contributed by atoms with Crippen LogP contribution in [0.1, 0.15) is 141 Å². The zero-order valence-electron chi connectivity index (χ0n) is 26.8. The van der Waals surface area contributed by atoms with Crippen LogP contribution >= 0.6 is 0 Å². The maximum atomic E-state index is 5.84. The first-order valence-electron chi connectivity index (χ1n) is 17.4. The van der Waals surface area contributed by atoms with Crippen molar-refractivity contribution in [3.05, 3.63) is 18.0 Å². The molecule has 0 atom stereocenters. The number of aromatic nitrogens is 2. The molecule has 2 heterocycles. The number of anilines is 1. The summed E-state index contributed by atoms with van der Waals surface area (Å²) in [5, 5.41) is 3.49. The van der Waals surface area contributed by atoms with E-state index in [1.165, 1.54) is 108 Å². The van der Waals surface area contributed by atoms with E-state index in [9.17, 15) is 0 Å². The van der Waals surface area contributed by atoms with Crippen LogP contribution in [0.4, 0.5) is 5.95 Å². The molecule has 1 aromatic rings. The largest absolute Gasteiger partial charge is 0.380 e. The average Bonchev–Trinajstić information content (AvgIpc) is 2.99. The summed E-state index contributed by atoms with van der Waals surface area (Å²) >= 11 is 0. The van der Waals surface area contributed by atoms with Crippen molar-refractivity contribution in [1.82, 2.24) is 20.2 Å². The van der Waals surface area contributed by atoms with E-state index < -0.39 is 0 Å². The molecular formula is C34H65N5O. The molecule has 2 rings (SSSR count). The van der Waals surface area contributed by atoms with Gasteiger partial charge in [0.25, 0.3) is 0 Å². The van der Waals surface area contributed by atoms with E-state index in [1.807, 2.05) is 0 Å². The monoisotopic (exact) mass is 560 g/mol. The summed E-state index contributed by atoms with van der Waals surface area (Å²) in [6.07, 6.45) is 26.8. The van der Waals surface area contributed by atoms with E-state index in [2.05, 4.69) is 48.3 Å². The summed E-state index contributed by atoms with van der Waals surface area (Å²) in [7, 11) is 0. The summed E-state index contributed by atoms with van der Waals surface area (Å²) in [6.45, 7) is 16.0. The van der Waals surface area contributed by atoms with E-state index in [0.717, 1.165) is 71.4 Å². The van der Waals surface area contributed by atoms with Gasteiger partial charge in [0.2, 0.25) is 5.95 Å². The molecule has 232 valence electrons. The predicted octanol–water partition coefficient (Wildman–Crippen LogP) is 7.98. The maximum Gasteiger partial charge on any atom is 0.225 e. The van der Waals surface area contributed by atoms with Crippen molar-refractivity contribution in [3.8, 4) is 0 Å². The Bertz CT molecular complexity index is 663. The smallest absolute Gasteiger partial charge is 0.225 e. The van der Waals surface area contributed by atoms with Crippen LogP contribution in [0.25, 0.3) is 0 Å². The zero-order chi connectivity index (χ0) is 28.5. The van der Waals surface area contributed by atoms with Crippen LogP contribution in [0, 0.1) is 0 Å². The molecule has 6 heteroatoms. The van der Waals surface area contributed by atoms with Crippen molar-refractivity contribution in [2.24, 2.45) is 0 Å². The van der Waals surface area contributed by atoms with Crippen molar-refractivity contribution in [1.29, 1.82) is 0 Å². The number of hydrogen-bond donors (Lipinski definition) is 1. The quantitative estimate of drug-likeness (QED) is 0.116. The number of nitrogens with one attached hydrogen (secondary N) is 1. The number of nitrogens with zero attached hydrogens (tertiary/aromatic N) is 4. The van der Waals surface area contributed by atoms with Gasteiger partial charge >= 0.3 is 0 Å². The first-order chi connectivity index (χ1) is 19.8. The molecule has 0 amide bonds. The van der Waals surface area contributed by atoms with E-state index in [-0.39, 0.29) is 0 Å². The van der Waals surface area contributed by atoms with Gasteiger partial charge in [0.1, 0.15) is 0 Å². The average molecular weight is 560 g/mol. The molecule has 0 saturated carbocycles. The van der Waals surface area contributed by atoms with Gasteiger partial charge in [0.05, 0.1) is 6.61 Å². The highest BCUT2D eigenvalue weighted by Crippen LogP contribution is 2.28. The molecule has 1 aliphatic rings. The molecule has 0 radical (unpaired) electrons. The Morgan fingerprint density at radius 1 is 0.675 bits per heavy atom. The highest BCUT2D eigenvalue weighted by molar-refractivity contribution is 5.31. The summed E-state index contributed by atoms with van der Waals surface area (Å²) in [4.78, 5) is 14.7. The Morgan fingerprint density at radius 2 is 1.25 bits per heavy atom. The molecule has 0 unspecified atom stereocenters. The molecule has 1 aliphatic heterocycles. The summed E-state index contributed by atoms with van der Waals surface area (Å²) in [5.41, 5.74) is 1.36. The first-order valence-corrected chi connectivity index (χ1v) is 17.4. The fraction of sp³-hybridized carbons (Fsp3) is 0.882. The lowest BCUT2D eigenvalue weighted by Crippen LogP contribution is -2.47. The van der Waals surface area contributed by atoms with E-state index in [0.29, 0.717) is 5.92 Å². The van der Waals surface area contributed by atoms with Crippen LogP contribution in [0.5, 0.6) is 0 Å². The minimum atomic E-state index is 0.623. The molecule has 1 saturated heterocycles. The fourth-order valence-electron chi connectivity index (χ4n) is 5.78. The van der Waals surface area contributed by atoms with Crippen molar-refractivity contribution in [2.75, 3.05) is 63.9 Å². The normalized spacial score (nSPS) is 14.4. The lowest BCUT2D eigenvalue weighted by molar-refractivity contribution is 0.121. The Labute approximate surface area is 248 Å². The van der Waals surface area contributed by atoms with E-state index in [1.54, 1.807) is 0 Å². The van der Waals surface area contributed by atoms with Crippen LogP contribution in [0.15, 0.2) is 12.4 Å². The van der Waals surface area contributed by atoms with Gasteiger partial charge in [-0.05, 0) is 43.7 Å². The summed E-state index contributed by atoms with van der Waals surface area (Å²) in [6, 6.07) is 0. The van der Waals surface area contributed by atoms with Crippen molar-refractivity contribution in [3.63, 3.8) is 0 Å². The van der Waals surface area contributed by atoms with Crippen LogP contribution in [0.3, 0.4) is 0 Å². The Balaban J connectivity index is 1.64. The molecule has 0 aliphatic carbocycles. The lowest BCUT2D eigenvalue weighted by Gasteiger charge is -2.34. The fourth-order valence-corrected chi connectivity index (χ4v) is 5.78.